The molecule has 4 heteroatoms. The molecule has 0 saturated carbocycles. The predicted molar refractivity (Wildman–Crippen MR) is 58.8 cm³/mol. The second-order valence-electron chi connectivity index (χ2n) is 2.94. The molecule has 0 bridgehead atoms. The lowest BCUT2D eigenvalue weighted by Crippen LogP contribution is -2.18. The summed E-state index contributed by atoms with van der Waals surface area (Å²) in [4.78, 5) is 3.26. The van der Waals surface area contributed by atoms with Crippen LogP contribution in [0.5, 0.6) is 0 Å². The lowest BCUT2D eigenvalue weighted by Gasteiger charge is -2.16. The number of unbranched alkanes of at least 4 members (excludes halogenated alkanes) is 1. The molecule has 0 heterocycles. The van der Waals surface area contributed by atoms with E-state index in [1.165, 1.54) is 12.8 Å². The molecular weight excluding hydrogens is 182 g/mol. The van der Waals surface area contributed by atoms with Gasteiger partial charge in [-0.1, -0.05) is 0 Å². The summed E-state index contributed by atoms with van der Waals surface area (Å²) in [6.07, 6.45) is 3.44. The van der Waals surface area contributed by atoms with Gasteiger partial charge in [-0.25, -0.2) is 0 Å². The van der Waals surface area contributed by atoms with Crippen molar-refractivity contribution in [3.05, 3.63) is 0 Å². The zero-order valence-electron chi connectivity index (χ0n) is 9.14. The molecule has 3 nitrogen and oxygen atoms in total. The van der Waals surface area contributed by atoms with E-state index in [0.717, 1.165) is 36.6 Å². The maximum atomic E-state index is 5.43. The van der Waals surface area contributed by atoms with Gasteiger partial charge in [0, 0.05) is 13.2 Å². The van der Waals surface area contributed by atoms with Gasteiger partial charge in [0.05, 0.1) is 10.4 Å². The average Bonchev–Trinajstić information content (AvgIpc) is 2.13. The van der Waals surface area contributed by atoms with Crippen molar-refractivity contribution in [2.45, 2.75) is 39.4 Å². The Balaban J connectivity index is 3.33. The number of ether oxygens (including phenoxy) is 2. The summed E-state index contributed by atoms with van der Waals surface area (Å²) in [5.74, 6) is 0. The number of nitrogens with one attached hydrogen (secondary N) is 1. The molecule has 1 N–H and O–H groups in total. The first-order valence-corrected chi connectivity index (χ1v) is 6.22. The molecule has 0 spiro atoms. The Kier molecular flexibility index (Phi) is 10.3. The van der Waals surface area contributed by atoms with E-state index in [4.69, 9.17) is 9.47 Å². The first-order chi connectivity index (χ1) is 6.35. The molecule has 0 saturated heterocycles. The van der Waals surface area contributed by atoms with E-state index in [1.807, 2.05) is 13.8 Å². The van der Waals surface area contributed by atoms with Crippen molar-refractivity contribution in [1.82, 2.24) is 4.98 Å². The smallest absolute Gasteiger partial charge is 0.157 e. The molecule has 0 aliphatic heterocycles. The van der Waals surface area contributed by atoms with Crippen molar-refractivity contribution in [2.75, 3.05) is 19.8 Å². The third-order valence-corrected chi connectivity index (χ3v) is 2.32. The van der Waals surface area contributed by atoms with E-state index in [1.54, 1.807) is 0 Å². The normalized spacial score (nSPS) is 11.3. The fourth-order valence-corrected chi connectivity index (χ4v) is 1.55. The quantitative estimate of drug-likeness (QED) is 0.336. The van der Waals surface area contributed by atoms with Crippen LogP contribution in [0.1, 0.15) is 33.1 Å². The van der Waals surface area contributed by atoms with Crippen molar-refractivity contribution < 1.29 is 9.47 Å². The number of hydrogen-bond donors (Lipinski definition) is 1. The molecule has 0 aromatic heterocycles. The van der Waals surface area contributed by atoms with Gasteiger partial charge < -0.3 is 14.5 Å². The van der Waals surface area contributed by atoms with E-state index in [2.05, 4.69) is 4.98 Å². The van der Waals surface area contributed by atoms with Gasteiger partial charge in [0.15, 0.2) is 6.29 Å². The lowest BCUT2D eigenvalue weighted by atomic mass is 10.2. The lowest BCUT2D eigenvalue weighted by molar-refractivity contribution is -0.140. The second kappa shape index (κ2) is 10.2. The average molecular weight is 205 g/mol. The Morgan fingerprint density at radius 2 is 1.77 bits per heavy atom. The highest BCUT2D eigenvalue weighted by atomic mass is 28.2. The highest BCUT2D eigenvalue weighted by Crippen LogP contribution is 2.06. The van der Waals surface area contributed by atoms with Gasteiger partial charge in [-0.05, 0) is 39.7 Å². The highest BCUT2D eigenvalue weighted by Gasteiger charge is 2.06. The van der Waals surface area contributed by atoms with E-state index in [0.29, 0.717) is 0 Å². The summed E-state index contributed by atoms with van der Waals surface area (Å²) < 4.78 is 10.9. The first-order valence-electron chi connectivity index (χ1n) is 5.22. The molecule has 0 radical (unpaired) electrons. The summed E-state index contributed by atoms with van der Waals surface area (Å²) in [5.41, 5.74) is 0. The Labute approximate surface area is 84.7 Å². The molecule has 0 unspecified atom stereocenters. The maximum Gasteiger partial charge on any atom is 0.157 e. The fraction of sp³-hybridized carbons (Fsp3) is 1.00. The van der Waals surface area contributed by atoms with E-state index in [9.17, 15) is 0 Å². The van der Waals surface area contributed by atoms with Crippen LogP contribution in [0, 0.1) is 0 Å². The van der Waals surface area contributed by atoms with Crippen LogP contribution in [0.2, 0.25) is 0 Å². The maximum absolute atomic E-state index is 5.43. The van der Waals surface area contributed by atoms with Gasteiger partial charge in [0.25, 0.3) is 0 Å². The molecule has 0 aromatic rings. The monoisotopic (exact) mass is 205 g/mol. The van der Waals surface area contributed by atoms with Gasteiger partial charge in [0.2, 0.25) is 0 Å². The van der Waals surface area contributed by atoms with Crippen LogP contribution in [0.15, 0.2) is 0 Å². The van der Waals surface area contributed by atoms with Crippen molar-refractivity contribution in [3.8, 4) is 0 Å². The van der Waals surface area contributed by atoms with Crippen molar-refractivity contribution >= 4 is 10.4 Å². The molecule has 0 aromatic carbocycles. The Hall–Kier alpha value is 0.0969. The van der Waals surface area contributed by atoms with Crippen LogP contribution in [-0.2, 0) is 9.47 Å². The standard InChI is InChI=1S/C9H23NO2Si/c1-3-11-9(12-4-2)7-5-6-8-10-13/h9-10H,3-8H2,1-2,13H3. The van der Waals surface area contributed by atoms with Gasteiger partial charge in [-0.3, -0.25) is 0 Å². The number of hydrogen-bond acceptors (Lipinski definition) is 3. The minimum atomic E-state index is 0.0177. The van der Waals surface area contributed by atoms with Gasteiger partial charge in [0.1, 0.15) is 0 Å². The fourth-order valence-electron chi connectivity index (χ4n) is 1.20. The summed E-state index contributed by atoms with van der Waals surface area (Å²) in [7, 11) is 1.09. The molecule has 0 aliphatic rings. The van der Waals surface area contributed by atoms with Gasteiger partial charge in [-0.15, -0.1) is 0 Å². The molecule has 0 rings (SSSR count). The zero-order chi connectivity index (χ0) is 9.94. The summed E-state index contributed by atoms with van der Waals surface area (Å²) in [5, 5.41) is 0. The largest absolute Gasteiger partial charge is 0.353 e. The first kappa shape index (κ1) is 13.1. The SMILES string of the molecule is CCOC(CCCCN[SiH3])OCC. The Morgan fingerprint density at radius 3 is 2.23 bits per heavy atom. The molecule has 0 aliphatic carbocycles. The third kappa shape index (κ3) is 8.43. The summed E-state index contributed by atoms with van der Waals surface area (Å²) >= 11 is 0. The van der Waals surface area contributed by atoms with Crippen molar-refractivity contribution in [1.29, 1.82) is 0 Å². The zero-order valence-corrected chi connectivity index (χ0v) is 11.1. The van der Waals surface area contributed by atoms with Crippen LogP contribution < -0.4 is 4.98 Å². The van der Waals surface area contributed by atoms with Crippen LogP contribution in [0.3, 0.4) is 0 Å². The minimum Gasteiger partial charge on any atom is -0.353 e. The Morgan fingerprint density at radius 1 is 1.15 bits per heavy atom. The minimum absolute atomic E-state index is 0.0177. The predicted octanol–water partition coefficient (Wildman–Crippen LogP) is 0.426. The molecule has 0 fully saturated rings. The molecule has 80 valence electrons. The van der Waals surface area contributed by atoms with Crippen LogP contribution in [-0.4, -0.2) is 36.5 Å². The van der Waals surface area contributed by atoms with E-state index < -0.39 is 0 Å². The number of rotatable bonds is 9. The summed E-state index contributed by atoms with van der Waals surface area (Å²) in [6.45, 7) is 6.63. The van der Waals surface area contributed by atoms with Crippen molar-refractivity contribution in [2.24, 2.45) is 0 Å². The summed E-state index contributed by atoms with van der Waals surface area (Å²) in [6, 6.07) is 0. The second-order valence-corrected chi connectivity index (χ2v) is 3.65. The van der Waals surface area contributed by atoms with Crippen LogP contribution in [0.25, 0.3) is 0 Å². The van der Waals surface area contributed by atoms with E-state index in [-0.39, 0.29) is 6.29 Å². The van der Waals surface area contributed by atoms with Crippen LogP contribution >= 0.6 is 0 Å². The molecule has 0 atom stereocenters. The van der Waals surface area contributed by atoms with Crippen LogP contribution in [0.4, 0.5) is 0 Å². The molecule has 0 amide bonds. The third-order valence-electron chi connectivity index (χ3n) is 1.82. The Bertz CT molecular complexity index is 97.6. The van der Waals surface area contributed by atoms with Gasteiger partial charge in [-0.2, -0.15) is 0 Å². The van der Waals surface area contributed by atoms with Crippen molar-refractivity contribution in [3.63, 3.8) is 0 Å². The van der Waals surface area contributed by atoms with E-state index >= 15 is 0 Å². The molecule has 13 heavy (non-hydrogen) atoms. The molecular formula is C9H23NO2Si. The van der Waals surface area contributed by atoms with Gasteiger partial charge >= 0.3 is 0 Å². The highest BCUT2D eigenvalue weighted by molar-refractivity contribution is 6.04. The topological polar surface area (TPSA) is 30.5 Å².